The molecular formula is C18H27NOS. The van der Waals surface area contributed by atoms with Crippen molar-refractivity contribution in [2.24, 2.45) is 5.41 Å². The predicted octanol–water partition coefficient (Wildman–Crippen LogP) is 4.95. The first-order valence-electron chi connectivity index (χ1n) is 8.30. The van der Waals surface area contributed by atoms with Crippen molar-refractivity contribution in [2.45, 2.75) is 62.5 Å². The van der Waals surface area contributed by atoms with E-state index in [1.54, 1.807) is 11.8 Å². The lowest BCUT2D eigenvalue weighted by Gasteiger charge is -2.58. The third-order valence-electron chi connectivity index (χ3n) is 5.35. The normalized spacial score (nSPS) is 27.3. The molecule has 0 radical (unpaired) electrons. The summed E-state index contributed by atoms with van der Waals surface area (Å²) in [7, 11) is 0. The summed E-state index contributed by atoms with van der Waals surface area (Å²) in [4.78, 5) is 1.33. The third kappa shape index (κ3) is 2.95. The van der Waals surface area contributed by atoms with Gasteiger partial charge in [-0.15, -0.1) is 11.8 Å². The van der Waals surface area contributed by atoms with E-state index in [9.17, 15) is 0 Å². The second-order valence-corrected chi connectivity index (χ2v) is 7.28. The standard InChI is InChI=1S/C18H27NOS/c1-3-20-17-13-16(18(17)10-5-4-6-11-18)19-14-8-7-9-15(12-14)21-2/h7-9,12,16-17,19H,3-6,10-11,13H2,1-2H3. The Balaban J connectivity index is 1.72. The minimum atomic E-state index is 0.392. The van der Waals surface area contributed by atoms with Gasteiger partial charge in [-0.3, -0.25) is 0 Å². The highest BCUT2D eigenvalue weighted by Crippen LogP contribution is 2.54. The van der Waals surface area contributed by atoms with Crippen LogP contribution >= 0.6 is 11.8 Å². The zero-order chi connectivity index (χ0) is 14.7. The molecule has 0 amide bonds. The van der Waals surface area contributed by atoms with Gasteiger partial charge >= 0.3 is 0 Å². The van der Waals surface area contributed by atoms with Gasteiger partial charge < -0.3 is 10.1 Å². The zero-order valence-electron chi connectivity index (χ0n) is 13.2. The van der Waals surface area contributed by atoms with Gasteiger partial charge in [0.2, 0.25) is 0 Å². The van der Waals surface area contributed by atoms with E-state index in [4.69, 9.17) is 4.74 Å². The van der Waals surface area contributed by atoms with Crippen LogP contribution in [0.25, 0.3) is 0 Å². The maximum Gasteiger partial charge on any atom is 0.0670 e. The fourth-order valence-electron chi connectivity index (χ4n) is 4.18. The van der Waals surface area contributed by atoms with Gasteiger partial charge in [0.15, 0.2) is 0 Å². The minimum absolute atomic E-state index is 0.392. The molecule has 0 aromatic heterocycles. The molecule has 2 saturated carbocycles. The number of rotatable bonds is 5. The summed E-state index contributed by atoms with van der Waals surface area (Å²) >= 11 is 1.81. The van der Waals surface area contributed by atoms with Crippen molar-refractivity contribution in [1.82, 2.24) is 0 Å². The maximum atomic E-state index is 6.04. The van der Waals surface area contributed by atoms with E-state index >= 15 is 0 Å². The molecule has 0 saturated heterocycles. The van der Waals surface area contributed by atoms with Crippen LogP contribution in [-0.2, 0) is 4.74 Å². The van der Waals surface area contributed by atoms with Crippen molar-refractivity contribution in [1.29, 1.82) is 0 Å². The van der Waals surface area contributed by atoms with Crippen LogP contribution in [0.4, 0.5) is 5.69 Å². The molecule has 3 rings (SSSR count). The van der Waals surface area contributed by atoms with Crippen molar-refractivity contribution in [3.8, 4) is 0 Å². The van der Waals surface area contributed by atoms with Crippen LogP contribution in [0.3, 0.4) is 0 Å². The first-order chi connectivity index (χ1) is 10.3. The van der Waals surface area contributed by atoms with Crippen molar-refractivity contribution < 1.29 is 4.74 Å². The topological polar surface area (TPSA) is 21.3 Å². The summed E-state index contributed by atoms with van der Waals surface area (Å²) < 4.78 is 6.04. The van der Waals surface area contributed by atoms with Gasteiger partial charge in [0, 0.05) is 28.6 Å². The van der Waals surface area contributed by atoms with Crippen LogP contribution in [0.1, 0.15) is 45.4 Å². The van der Waals surface area contributed by atoms with E-state index in [-0.39, 0.29) is 0 Å². The van der Waals surface area contributed by atoms with E-state index in [0.717, 1.165) is 13.0 Å². The van der Waals surface area contributed by atoms with Gasteiger partial charge in [0.05, 0.1) is 6.10 Å². The lowest BCUT2D eigenvalue weighted by atomic mass is 9.55. The monoisotopic (exact) mass is 305 g/mol. The SMILES string of the molecule is CCOC1CC(Nc2cccc(SC)c2)C12CCCCC2. The molecule has 2 atom stereocenters. The van der Waals surface area contributed by atoms with Crippen molar-refractivity contribution in [3.63, 3.8) is 0 Å². The van der Waals surface area contributed by atoms with Crippen LogP contribution in [0.2, 0.25) is 0 Å². The molecule has 1 N–H and O–H groups in total. The number of anilines is 1. The summed E-state index contributed by atoms with van der Waals surface area (Å²) in [6, 6.07) is 9.39. The molecule has 2 fully saturated rings. The molecule has 0 aliphatic heterocycles. The number of hydrogen-bond donors (Lipinski definition) is 1. The third-order valence-corrected chi connectivity index (χ3v) is 6.07. The molecule has 1 aromatic carbocycles. The van der Waals surface area contributed by atoms with E-state index in [0.29, 0.717) is 17.6 Å². The molecule has 3 heteroatoms. The van der Waals surface area contributed by atoms with E-state index in [2.05, 4.69) is 42.8 Å². The Hall–Kier alpha value is -0.670. The van der Waals surface area contributed by atoms with Gasteiger partial charge in [-0.2, -0.15) is 0 Å². The summed E-state index contributed by atoms with van der Waals surface area (Å²) in [5, 5.41) is 3.81. The largest absolute Gasteiger partial charge is 0.382 e. The molecule has 1 spiro atoms. The van der Waals surface area contributed by atoms with Crippen LogP contribution in [0, 0.1) is 5.41 Å². The molecule has 0 heterocycles. The highest BCUT2D eigenvalue weighted by molar-refractivity contribution is 7.98. The molecule has 0 bridgehead atoms. The lowest BCUT2D eigenvalue weighted by molar-refractivity contribution is -0.134. The minimum Gasteiger partial charge on any atom is -0.382 e. The summed E-state index contributed by atoms with van der Waals surface area (Å²) in [6.45, 7) is 2.97. The predicted molar refractivity (Wildman–Crippen MR) is 91.2 cm³/mol. The number of hydrogen-bond acceptors (Lipinski definition) is 3. The molecule has 2 unspecified atom stereocenters. The van der Waals surface area contributed by atoms with Gasteiger partial charge in [-0.1, -0.05) is 25.3 Å². The van der Waals surface area contributed by atoms with E-state index in [1.807, 2.05) is 0 Å². The van der Waals surface area contributed by atoms with Gasteiger partial charge in [-0.25, -0.2) is 0 Å². The lowest BCUT2D eigenvalue weighted by Crippen LogP contribution is -2.62. The Kier molecular flexibility index (Phi) is 4.80. The molecular weight excluding hydrogens is 278 g/mol. The molecule has 2 aliphatic carbocycles. The van der Waals surface area contributed by atoms with Crippen LogP contribution in [-0.4, -0.2) is 25.0 Å². The Labute approximate surface area is 133 Å². The molecule has 2 nitrogen and oxygen atoms in total. The Morgan fingerprint density at radius 3 is 2.81 bits per heavy atom. The number of benzene rings is 1. The van der Waals surface area contributed by atoms with Crippen molar-refractivity contribution >= 4 is 17.4 Å². The summed E-state index contributed by atoms with van der Waals surface area (Å²) in [5.74, 6) is 0. The molecule has 21 heavy (non-hydrogen) atoms. The average Bonchev–Trinajstić information content (AvgIpc) is 2.55. The first-order valence-corrected chi connectivity index (χ1v) is 9.53. The maximum absolute atomic E-state index is 6.04. The summed E-state index contributed by atoms with van der Waals surface area (Å²) in [5.41, 5.74) is 1.66. The van der Waals surface area contributed by atoms with Crippen LogP contribution in [0.15, 0.2) is 29.2 Å². The highest BCUT2D eigenvalue weighted by atomic mass is 32.2. The van der Waals surface area contributed by atoms with Gasteiger partial charge in [0.25, 0.3) is 0 Å². The van der Waals surface area contributed by atoms with Crippen LogP contribution < -0.4 is 5.32 Å². The summed E-state index contributed by atoms with van der Waals surface area (Å²) in [6.07, 6.45) is 10.6. The van der Waals surface area contributed by atoms with Crippen LogP contribution in [0.5, 0.6) is 0 Å². The van der Waals surface area contributed by atoms with Crippen molar-refractivity contribution in [3.05, 3.63) is 24.3 Å². The van der Waals surface area contributed by atoms with E-state index < -0.39 is 0 Å². The quantitative estimate of drug-likeness (QED) is 0.778. The molecule has 2 aliphatic rings. The van der Waals surface area contributed by atoms with Gasteiger partial charge in [-0.05, 0) is 50.6 Å². The van der Waals surface area contributed by atoms with Gasteiger partial charge in [0.1, 0.15) is 0 Å². The molecule has 1 aromatic rings. The Bertz CT molecular complexity index is 470. The zero-order valence-corrected chi connectivity index (χ0v) is 14.0. The first kappa shape index (κ1) is 15.2. The Morgan fingerprint density at radius 1 is 1.29 bits per heavy atom. The molecule has 116 valence electrons. The number of thioether (sulfide) groups is 1. The number of ether oxygens (including phenoxy) is 1. The van der Waals surface area contributed by atoms with E-state index in [1.165, 1.54) is 42.7 Å². The highest BCUT2D eigenvalue weighted by Gasteiger charge is 2.55. The number of nitrogens with one attached hydrogen (secondary N) is 1. The second-order valence-electron chi connectivity index (χ2n) is 6.40. The fraction of sp³-hybridized carbons (Fsp3) is 0.667. The average molecular weight is 305 g/mol. The Morgan fingerprint density at radius 2 is 2.10 bits per heavy atom. The van der Waals surface area contributed by atoms with Crippen molar-refractivity contribution in [2.75, 3.05) is 18.2 Å². The smallest absolute Gasteiger partial charge is 0.0670 e. The fourth-order valence-corrected chi connectivity index (χ4v) is 4.64. The second kappa shape index (κ2) is 6.62.